The number of hydrogen-bond acceptors (Lipinski definition) is 4. The summed E-state index contributed by atoms with van der Waals surface area (Å²) in [6.45, 7) is 8.59. The molecule has 0 radical (unpaired) electrons. The predicted molar refractivity (Wildman–Crippen MR) is 137 cm³/mol. The average molecular weight is 488 g/mol. The Morgan fingerprint density at radius 2 is 1.65 bits per heavy atom. The van der Waals surface area contributed by atoms with Gasteiger partial charge in [0.2, 0.25) is 21.8 Å². The Morgan fingerprint density at radius 1 is 1.03 bits per heavy atom. The molecule has 0 heterocycles. The second-order valence-corrected chi connectivity index (χ2v) is 10.7. The zero-order chi connectivity index (χ0) is 25.3. The third-order valence-electron chi connectivity index (χ3n) is 5.56. The van der Waals surface area contributed by atoms with E-state index in [-0.39, 0.29) is 24.8 Å². The minimum absolute atomic E-state index is 0.134. The van der Waals surface area contributed by atoms with Gasteiger partial charge in [0.25, 0.3) is 0 Å². The standard InChI is InChI=1S/C26H37N3O4S/c1-6-14-27-26(31)22(4)28(19-23-11-8-7-9-12-23)25(30)13-10-15-29(34(5,32)33)24-17-20(2)16-21(3)18-24/h7-9,11-12,16-18,22H,6,10,13-15,19H2,1-5H3,(H,27,31). The van der Waals surface area contributed by atoms with Crippen LogP contribution in [0.1, 0.15) is 49.8 Å². The lowest BCUT2D eigenvalue weighted by atomic mass is 10.1. The van der Waals surface area contributed by atoms with Crippen LogP contribution in [0.4, 0.5) is 5.69 Å². The Balaban J connectivity index is 2.15. The Bertz CT molecular complexity index is 1050. The van der Waals surface area contributed by atoms with Crippen molar-refractivity contribution in [3.8, 4) is 0 Å². The van der Waals surface area contributed by atoms with E-state index in [1.807, 2.05) is 69.3 Å². The predicted octanol–water partition coefficient (Wildman–Crippen LogP) is 3.79. The van der Waals surface area contributed by atoms with Gasteiger partial charge in [0.1, 0.15) is 6.04 Å². The maximum Gasteiger partial charge on any atom is 0.242 e. The van der Waals surface area contributed by atoms with Gasteiger partial charge < -0.3 is 10.2 Å². The fourth-order valence-electron chi connectivity index (χ4n) is 3.86. The first-order chi connectivity index (χ1) is 16.0. The third kappa shape index (κ3) is 8.17. The van der Waals surface area contributed by atoms with Crippen molar-refractivity contribution in [3.63, 3.8) is 0 Å². The highest BCUT2D eigenvalue weighted by molar-refractivity contribution is 7.92. The molecular weight excluding hydrogens is 450 g/mol. The lowest BCUT2D eigenvalue weighted by Crippen LogP contribution is -2.47. The van der Waals surface area contributed by atoms with Crippen LogP contribution in [0.3, 0.4) is 0 Å². The van der Waals surface area contributed by atoms with Crippen molar-refractivity contribution < 1.29 is 18.0 Å². The van der Waals surface area contributed by atoms with Gasteiger partial charge in [-0.25, -0.2) is 8.42 Å². The van der Waals surface area contributed by atoms with Gasteiger partial charge in [-0.3, -0.25) is 13.9 Å². The zero-order valence-electron chi connectivity index (χ0n) is 20.9. The van der Waals surface area contributed by atoms with E-state index in [2.05, 4.69) is 5.32 Å². The molecule has 0 bridgehead atoms. The summed E-state index contributed by atoms with van der Waals surface area (Å²) < 4.78 is 26.3. The number of anilines is 1. The summed E-state index contributed by atoms with van der Waals surface area (Å²) in [7, 11) is -3.51. The van der Waals surface area contributed by atoms with Crippen molar-refractivity contribution in [3.05, 3.63) is 65.2 Å². The number of nitrogens with one attached hydrogen (secondary N) is 1. The second-order valence-electron chi connectivity index (χ2n) is 8.76. The molecule has 2 amide bonds. The van der Waals surface area contributed by atoms with E-state index in [0.717, 1.165) is 23.1 Å². The quantitative estimate of drug-likeness (QED) is 0.493. The topological polar surface area (TPSA) is 86.8 Å². The summed E-state index contributed by atoms with van der Waals surface area (Å²) in [5, 5.41) is 2.86. The molecule has 1 unspecified atom stereocenters. The Morgan fingerprint density at radius 3 is 2.21 bits per heavy atom. The summed E-state index contributed by atoms with van der Waals surface area (Å²) >= 11 is 0. The van der Waals surface area contributed by atoms with Crippen molar-refractivity contribution in [2.45, 2.75) is 59.5 Å². The normalized spacial score (nSPS) is 12.1. The number of carbonyl (C=O) groups excluding carboxylic acids is 2. The van der Waals surface area contributed by atoms with Crippen LogP contribution in [0.25, 0.3) is 0 Å². The lowest BCUT2D eigenvalue weighted by molar-refractivity contribution is -0.140. The fraction of sp³-hybridized carbons (Fsp3) is 0.462. The molecule has 2 aromatic carbocycles. The van der Waals surface area contributed by atoms with Gasteiger partial charge in [-0.1, -0.05) is 43.3 Å². The van der Waals surface area contributed by atoms with Crippen LogP contribution in [0.2, 0.25) is 0 Å². The van der Waals surface area contributed by atoms with E-state index in [4.69, 9.17) is 0 Å². The molecule has 1 atom stereocenters. The smallest absolute Gasteiger partial charge is 0.242 e. The van der Waals surface area contributed by atoms with E-state index in [0.29, 0.717) is 25.2 Å². The summed E-state index contributed by atoms with van der Waals surface area (Å²) in [5.74, 6) is -0.379. The Labute approximate surface area is 204 Å². The van der Waals surface area contributed by atoms with E-state index in [1.165, 1.54) is 10.6 Å². The number of benzene rings is 2. The molecule has 0 aliphatic rings. The molecule has 0 aliphatic carbocycles. The van der Waals surface area contributed by atoms with Crippen LogP contribution in [0.5, 0.6) is 0 Å². The zero-order valence-corrected chi connectivity index (χ0v) is 21.7. The van der Waals surface area contributed by atoms with Crippen molar-refractivity contribution in [1.29, 1.82) is 0 Å². The van der Waals surface area contributed by atoms with Crippen molar-refractivity contribution >= 4 is 27.5 Å². The van der Waals surface area contributed by atoms with Gasteiger partial charge in [0.15, 0.2) is 0 Å². The number of rotatable bonds is 12. The molecule has 0 aliphatic heterocycles. The summed E-state index contributed by atoms with van der Waals surface area (Å²) in [5.41, 5.74) is 3.47. The molecule has 186 valence electrons. The first kappa shape index (κ1) is 27.4. The first-order valence-electron chi connectivity index (χ1n) is 11.7. The summed E-state index contributed by atoms with van der Waals surface area (Å²) in [6.07, 6.45) is 2.46. The van der Waals surface area contributed by atoms with Crippen molar-refractivity contribution in [2.75, 3.05) is 23.7 Å². The molecule has 34 heavy (non-hydrogen) atoms. The molecule has 0 aromatic heterocycles. The third-order valence-corrected chi connectivity index (χ3v) is 6.75. The molecule has 2 aromatic rings. The lowest BCUT2D eigenvalue weighted by Gasteiger charge is -2.29. The molecule has 7 nitrogen and oxygen atoms in total. The van der Waals surface area contributed by atoms with Gasteiger partial charge in [-0.15, -0.1) is 0 Å². The van der Waals surface area contributed by atoms with Gasteiger partial charge in [-0.2, -0.15) is 0 Å². The molecule has 2 rings (SSSR count). The number of amides is 2. The van der Waals surface area contributed by atoms with E-state index < -0.39 is 16.1 Å². The average Bonchev–Trinajstić information content (AvgIpc) is 2.77. The molecule has 0 saturated carbocycles. The number of sulfonamides is 1. The largest absolute Gasteiger partial charge is 0.354 e. The minimum atomic E-state index is -3.51. The Hall–Kier alpha value is -2.87. The maximum absolute atomic E-state index is 13.2. The minimum Gasteiger partial charge on any atom is -0.354 e. The molecule has 0 saturated heterocycles. The molecule has 0 fully saturated rings. The van der Waals surface area contributed by atoms with E-state index >= 15 is 0 Å². The van der Waals surface area contributed by atoms with Crippen LogP contribution in [-0.2, 0) is 26.2 Å². The number of aryl methyl sites for hydroxylation is 2. The molecule has 8 heteroatoms. The van der Waals surface area contributed by atoms with Crippen molar-refractivity contribution in [1.82, 2.24) is 10.2 Å². The Kier molecular flexibility index (Phi) is 10.1. The molecule has 0 spiro atoms. The summed E-state index contributed by atoms with van der Waals surface area (Å²) in [4.78, 5) is 27.4. The van der Waals surface area contributed by atoms with Gasteiger partial charge in [0, 0.05) is 26.1 Å². The number of carbonyl (C=O) groups is 2. The summed E-state index contributed by atoms with van der Waals surface area (Å²) in [6, 6.07) is 14.5. The highest BCUT2D eigenvalue weighted by Crippen LogP contribution is 2.22. The molecular formula is C26H37N3O4S. The van der Waals surface area contributed by atoms with Crippen LogP contribution in [-0.4, -0.2) is 50.5 Å². The van der Waals surface area contributed by atoms with E-state index in [1.54, 1.807) is 11.8 Å². The van der Waals surface area contributed by atoms with Crippen LogP contribution < -0.4 is 9.62 Å². The number of nitrogens with zero attached hydrogens (tertiary/aromatic N) is 2. The highest BCUT2D eigenvalue weighted by atomic mass is 32.2. The van der Waals surface area contributed by atoms with Gasteiger partial charge in [0.05, 0.1) is 11.9 Å². The van der Waals surface area contributed by atoms with Crippen LogP contribution in [0.15, 0.2) is 48.5 Å². The second kappa shape index (κ2) is 12.6. The van der Waals surface area contributed by atoms with Crippen molar-refractivity contribution in [2.24, 2.45) is 0 Å². The molecule has 1 N–H and O–H groups in total. The van der Waals surface area contributed by atoms with Crippen LogP contribution >= 0.6 is 0 Å². The van der Waals surface area contributed by atoms with Gasteiger partial charge >= 0.3 is 0 Å². The monoisotopic (exact) mass is 487 g/mol. The first-order valence-corrected chi connectivity index (χ1v) is 13.5. The fourth-order valence-corrected chi connectivity index (χ4v) is 4.81. The van der Waals surface area contributed by atoms with Gasteiger partial charge in [-0.05, 0) is 62.4 Å². The maximum atomic E-state index is 13.2. The van der Waals surface area contributed by atoms with E-state index in [9.17, 15) is 18.0 Å². The SMILES string of the molecule is CCCNC(=O)C(C)N(Cc1ccccc1)C(=O)CCCN(c1cc(C)cc(C)c1)S(C)(=O)=O. The number of hydrogen-bond donors (Lipinski definition) is 1. The van der Waals surface area contributed by atoms with Crippen LogP contribution in [0, 0.1) is 13.8 Å². The highest BCUT2D eigenvalue weighted by Gasteiger charge is 2.26.